The van der Waals surface area contributed by atoms with Crippen LogP contribution < -0.4 is 15.5 Å². The molecule has 8 nitrogen and oxygen atoms in total. The lowest BCUT2D eigenvalue weighted by molar-refractivity contribution is 0.0697. The molecule has 0 bridgehead atoms. The Bertz CT molecular complexity index is 1260. The van der Waals surface area contributed by atoms with E-state index in [0.29, 0.717) is 11.1 Å². The van der Waals surface area contributed by atoms with Gasteiger partial charge >= 0.3 is 5.97 Å². The van der Waals surface area contributed by atoms with Crippen molar-refractivity contribution in [1.82, 2.24) is 4.90 Å². The van der Waals surface area contributed by atoms with Crippen molar-refractivity contribution >= 4 is 47.3 Å². The molecule has 1 aliphatic heterocycles. The molecule has 1 aliphatic rings. The lowest BCUT2D eigenvalue weighted by atomic mass is 10.1. The Labute approximate surface area is 222 Å². The molecule has 1 fully saturated rings. The highest BCUT2D eigenvalue weighted by Crippen LogP contribution is 2.28. The van der Waals surface area contributed by atoms with Crippen molar-refractivity contribution in [1.29, 1.82) is 0 Å². The van der Waals surface area contributed by atoms with E-state index in [9.17, 15) is 19.5 Å². The zero-order valence-corrected chi connectivity index (χ0v) is 21.7. The fraction of sp³-hybridized carbons (Fsp3) is 0.250. The van der Waals surface area contributed by atoms with E-state index in [2.05, 4.69) is 27.5 Å². The normalized spacial score (nSPS) is 13.7. The van der Waals surface area contributed by atoms with E-state index in [1.807, 2.05) is 31.2 Å². The van der Waals surface area contributed by atoms with Crippen molar-refractivity contribution in [2.75, 3.05) is 48.8 Å². The van der Waals surface area contributed by atoms with Crippen LogP contribution in [0.15, 0.2) is 66.7 Å². The van der Waals surface area contributed by atoms with Crippen LogP contribution in [0.2, 0.25) is 0 Å². The van der Waals surface area contributed by atoms with Gasteiger partial charge in [-0.1, -0.05) is 23.8 Å². The molecule has 1 saturated heterocycles. The molecule has 4 rings (SSSR count). The monoisotopic (exact) mass is 522 g/mol. The fourth-order valence-corrected chi connectivity index (χ4v) is 4.18. The average molecular weight is 523 g/mol. The predicted octanol–water partition coefficient (Wildman–Crippen LogP) is 4.76. The van der Waals surface area contributed by atoms with E-state index in [1.54, 1.807) is 30.3 Å². The summed E-state index contributed by atoms with van der Waals surface area (Å²) in [5, 5.41) is 15.1. The molecule has 0 unspecified atom stereocenters. The van der Waals surface area contributed by atoms with Crippen LogP contribution in [-0.4, -0.2) is 61.0 Å². The van der Waals surface area contributed by atoms with E-state index >= 15 is 0 Å². The van der Waals surface area contributed by atoms with E-state index in [0.717, 1.165) is 43.9 Å². The number of carboxylic acids is 1. The fourth-order valence-electron chi connectivity index (χ4n) is 4.18. The molecule has 1 heterocycles. The van der Waals surface area contributed by atoms with E-state index in [1.165, 1.54) is 12.1 Å². The summed E-state index contributed by atoms with van der Waals surface area (Å²) in [4.78, 5) is 42.3. The van der Waals surface area contributed by atoms with Gasteiger partial charge in [-0.05, 0) is 75.5 Å². The standard InChI is InChI=1S/C28H30N4O4.ClH/c1-19-7-9-20(10-8-19)26(33)29-24-6-3-5-23(28(35)36)25(24)30-27(34)21-11-13-22(14-12-21)32-16-4-15-31(2)17-18-32;/h3,5-14H,4,15-18H2,1-2H3,(H,29,33)(H,30,34)(H,35,36);1H. The van der Waals surface area contributed by atoms with Crippen LogP contribution >= 0.6 is 12.4 Å². The predicted molar refractivity (Wildman–Crippen MR) is 149 cm³/mol. The number of hydrogen-bond donors (Lipinski definition) is 3. The van der Waals surface area contributed by atoms with E-state index in [4.69, 9.17) is 0 Å². The van der Waals surface area contributed by atoms with Gasteiger partial charge in [0, 0.05) is 36.4 Å². The minimum Gasteiger partial charge on any atom is -0.478 e. The van der Waals surface area contributed by atoms with Crippen LogP contribution in [0, 0.1) is 6.92 Å². The number of hydrogen-bond acceptors (Lipinski definition) is 5. The second-order valence-electron chi connectivity index (χ2n) is 9.00. The van der Waals surface area contributed by atoms with Crippen molar-refractivity contribution in [3.05, 3.63) is 89.0 Å². The Hall–Kier alpha value is -3.88. The maximum atomic E-state index is 13.1. The number of rotatable bonds is 6. The minimum absolute atomic E-state index is 0. The maximum absolute atomic E-state index is 13.1. The molecule has 3 aromatic carbocycles. The number of carbonyl (C=O) groups is 3. The maximum Gasteiger partial charge on any atom is 0.337 e. The third-order valence-corrected chi connectivity index (χ3v) is 6.31. The third-order valence-electron chi connectivity index (χ3n) is 6.31. The summed E-state index contributed by atoms with van der Waals surface area (Å²) in [6.45, 7) is 5.82. The van der Waals surface area contributed by atoms with E-state index in [-0.39, 0.29) is 29.3 Å². The number of amides is 2. The molecular formula is C28H31ClN4O4. The van der Waals surface area contributed by atoms with Gasteiger partial charge in [0.15, 0.2) is 0 Å². The molecule has 0 atom stereocenters. The van der Waals surface area contributed by atoms with Crippen molar-refractivity contribution in [3.63, 3.8) is 0 Å². The molecule has 0 saturated carbocycles. The van der Waals surface area contributed by atoms with E-state index < -0.39 is 17.8 Å². The number of anilines is 3. The average Bonchev–Trinajstić information content (AvgIpc) is 3.09. The zero-order valence-electron chi connectivity index (χ0n) is 20.9. The number of halogens is 1. The summed E-state index contributed by atoms with van der Waals surface area (Å²) in [7, 11) is 2.11. The van der Waals surface area contributed by atoms with Crippen LogP contribution in [-0.2, 0) is 0 Å². The highest BCUT2D eigenvalue weighted by molar-refractivity contribution is 6.13. The molecule has 2 amide bonds. The molecular weight excluding hydrogens is 492 g/mol. The number of carboxylic acid groups (broad SMARTS) is 1. The number of nitrogens with one attached hydrogen (secondary N) is 2. The summed E-state index contributed by atoms with van der Waals surface area (Å²) in [6, 6.07) is 18.8. The summed E-state index contributed by atoms with van der Waals surface area (Å²) < 4.78 is 0. The lowest BCUT2D eigenvalue weighted by Gasteiger charge is -2.23. The van der Waals surface area contributed by atoms with Crippen LogP contribution in [0.25, 0.3) is 0 Å². The number of nitrogens with zero attached hydrogens (tertiary/aromatic N) is 2. The molecule has 37 heavy (non-hydrogen) atoms. The Morgan fingerprint density at radius 2 is 1.41 bits per heavy atom. The second-order valence-corrected chi connectivity index (χ2v) is 9.00. The summed E-state index contributed by atoms with van der Waals surface area (Å²) >= 11 is 0. The molecule has 0 aliphatic carbocycles. The van der Waals surface area contributed by atoms with Crippen LogP contribution in [0.1, 0.15) is 43.1 Å². The SMILES string of the molecule is Cc1ccc(C(=O)Nc2cccc(C(=O)O)c2NC(=O)c2ccc(N3CCCN(C)CC3)cc2)cc1.Cl. The summed E-state index contributed by atoms with van der Waals surface area (Å²) in [6.07, 6.45) is 1.07. The van der Waals surface area contributed by atoms with Crippen LogP contribution in [0.3, 0.4) is 0 Å². The molecule has 194 valence electrons. The van der Waals surface area contributed by atoms with Gasteiger partial charge in [0.05, 0.1) is 16.9 Å². The van der Waals surface area contributed by atoms with Gasteiger partial charge in [-0.2, -0.15) is 0 Å². The quantitative estimate of drug-likeness (QED) is 0.431. The van der Waals surface area contributed by atoms with Crippen molar-refractivity contribution in [3.8, 4) is 0 Å². The Morgan fingerprint density at radius 3 is 2.05 bits per heavy atom. The number of carbonyl (C=O) groups excluding carboxylic acids is 2. The van der Waals surface area contributed by atoms with Gasteiger partial charge in [-0.3, -0.25) is 9.59 Å². The first-order chi connectivity index (χ1) is 17.3. The van der Waals surface area contributed by atoms with Gasteiger partial charge in [0.1, 0.15) is 0 Å². The Balaban J connectivity index is 0.00000380. The van der Waals surface area contributed by atoms with Crippen LogP contribution in [0.5, 0.6) is 0 Å². The first-order valence-electron chi connectivity index (χ1n) is 11.9. The molecule has 0 radical (unpaired) electrons. The lowest BCUT2D eigenvalue weighted by Crippen LogP contribution is -2.28. The van der Waals surface area contributed by atoms with Gasteiger partial charge in [-0.25, -0.2) is 4.79 Å². The highest BCUT2D eigenvalue weighted by Gasteiger charge is 2.20. The Kier molecular flexibility index (Phi) is 9.27. The number of likely N-dealkylation sites (N-methyl/N-ethyl adjacent to an activating group) is 1. The Morgan fingerprint density at radius 1 is 0.784 bits per heavy atom. The van der Waals surface area contributed by atoms with Gasteiger partial charge in [0.2, 0.25) is 0 Å². The van der Waals surface area contributed by atoms with Crippen molar-refractivity contribution < 1.29 is 19.5 Å². The van der Waals surface area contributed by atoms with Crippen LogP contribution in [0.4, 0.5) is 17.1 Å². The number of benzene rings is 3. The topological polar surface area (TPSA) is 102 Å². The molecule has 3 N–H and O–H groups in total. The number of aryl methyl sites for hydroxylation is 1. The highest BCUT2D eigenvalue weighted by atomic mass is 35.5. The van der Waals surface area contributed by atoms with Crippen molar-refractivity contribution in [2.45, 2.75) is 13.3 Å². The minimum atomic E-state index is -1.21. The molecule has 3 aromatic rings. The largest absolute Gasteiger partial charge is 0.478 e. The van der Waals surface area contributed by atoms with Crippen molar-refractivity contribution in [2.24, 2.45) is 0 Å². The smallest absolute Gasteiger partial charge is 0.337 e. The van der Waals surface area contributed by atoms with Gasteiger partial charge < -0.3 is 25.5 Å². The van der Waals surface area contributed by atoms with Gasteiger partial charge in [0.25, 0.3) is 11.8 Å². The molecule has 9 heteroatoms. The molecule has 0 spiro atoms. The number of para-hydroxylation sites is 1. The third kappa shape index (κ3) is 6.87. The zero-order chi connectivity index (χ0) is 25.7. The molecule has 0 aromatic heterocycles. The van der Waals surface area contributed by atoms with Gasteiger partial charge in [-0.15, -0.1) is 12.4 Å². The second kappa shape index (κ2) is 12.4. The summed E-state index contributed by atoms with van der Waals surface area (Å²) in [5.41, 5.74) is 3.00. The summed E-state index contributed by atoms with van der Waals surface area (Å²) in [5.74, 6) is -2.07. The first-order valence-corrected chi connectivity index (χ1v) is 11.9. The first kappa shape index (κ1) is 27.7. The number of aromatic carboxylic acids is 1.